The lowest BCUT2D eigenvalue weighted by molar-refractivity contribution is -0.348. The molecule has 14 heavy (non-hydrogen) atoms. The molecule has 6 heteroatoms. The Bertz CT molecular complexity index is 212. The van der Waals surface area contributed by atoms with Gasteiger partial charge in [0.2, 0.25) is 5.79 Å². The first-order valence-electron chi connectivity index (χ1n) is 4.50. The first-order chi connectivity index (χ1) is 6.30. The standard InChI is InChI=1S/C8H17NO5/c1-3-5(10)6(11)7(12)8(13,14-3)4(2)9/h3-7,10-13H,9H2,1-2H3/t3-,4?,5+,6+,7-,8-/m0/s1. The second-order valence-electron chi connectivity index (χ2n) is 3.79. The van der Waals surface area contributed by atoms with Crippen LogP contribution >= 0.6 is 0 Å². The Balaban J connectivity index is 2.90. The highest BCUT2D eigenvalue weighted by molar-refractivity contribution is 4.98. The van der Waals surface area contributed by atoms with Crippen LogP contribution in [0, 0.1) is 0 Å². The molecule has 1 unspecified atom stereocenters. The molecular weight excluding hydrogens is 190 g/mol. The number of hydrogen-bond acceptors (Lipinski definition) is 6. The third-order valence-electron chi connectivity index (χ3n) is 2.61. The summed E-state index contributed by atoms with van der Waals surface area (Å²) < 4.78 is 5.00. The summed E-state index contributed by atoms with van der Waals surface area (Å²) >= 11 is 0. The minimum absolute atomic E-state index is 0.788. The Kier molecular flexibility index (Phi) is 3.15. The van der Waals surface area contributed by atoms with E-state index in [9.17, 15) is 20.4 Å². The average Bonchev–Trinajstić information content (AvgIpc) is 2.11. The molecule has 0 aromatic heterocycles. The lowest BCUT2D eigenvalue weighted by Crippen LogP contribution is -2.69. The van der Waals surface area contributed by atoms with E-state index in [2.05, 4.69) is 0 Å². The van der Waals surface area contributed by atoms with Crippen LogP contribution in [0.25, 0.3) is 0 Å². The van der Waals surface area contributed by atoms with Gasteiger partial charge < -0.3 is 30.9 Å². The van der Waals surface area contributed by atoms with Gasteiger partial charge in [0.1, 0.15) is 18.3 Å². The van der Waals surface area contributed by atoms with Crippen molar-refractivity contribution in [3.8, 4) is 0 Å². The molecule has 0 radical (unpaired) electrons. The van der Waals surface area contributed by atoms with Crippen LogP contribution in [-0.4, -0.2) is 56.7 Å². The van der Waals surface area contributed by atoms with E-state index in [4.69, 9.17) is 10.5 Å². The van der Waals surface area contributed by atoms with Crippen LogP contribution in [0.1, 0.15) is 13.8 Å². The van der Waals surface area contributed by atoms with E-state index in [1.165, 1.54) is 13.8 Å². The first-order valence-corrected chi connectivity index (χ1v) is 4.50. The average molecular weight is 207 g/mol. The minimum atomic E-state index is -2.02. The van der Waals surface area contributed by atoms with Gasteiger partial charge in [-0.05, 0) is 13.8 Å². The minimum Gasteiger partial charge on any atom is -0.388 e. The molecule has 0 spiro atoms. The van der Waals surface area contributed by atoms with Crippen molar-refractivity contribution in [3.63, 3.8) is 0 Å². The van der Waals surface area contributed by atoms with Crippen molar-refractivity contribution in [2.75, 3.05) is 0 Å². The number of aliphatic hydroxyl groups is 4. The van der Waals surface area contributed by atoms with Crippen LogP contribution < -0.4 is 5.73 Å². The van der Waals surface area contributed by atoms with Crippen molar-refractivity contribution in [1.82, 2.24) is 0 Å². The fourth-order valence-electron chi connectivity index (χ4n) is 1.52. The second-order valence-corrected chi connectivity index (χ2v) is 3.79. The summed E-state index contributed by atoms with van der Waals surface area (Å²) in [5, 5.41) is 38.0. The van der Waals surface area contributed by atoms with E-state index >= 15 is 0 Å². The number of nitrogens with two attached hydrogens (primary N) is 1. The molecule has 0 aromatic rings. The van der Waals surface area contributed by atoms with Gasteiger partial charge in [0.25, 0.3) is 0 Å². The summed E-state index contributed by atoms with van der Waals surface area (Å²) in [5.74, 6) is -2.02. The maximum absolute atomic E-state index is 9.81. The lowest BCUT2D eigenvalue weighted by Gasteiger charge is -2.46. The Morgan fingerprint density at radius 2 is 1.79 bits per heavy atom. The predicted molar refractivity (Wildman–Crippen MR) is 47.2 cm³/mol. The van der Waals surface area contributed by atoms with E-state index in [1.54, 1.807) is 0 Å². The Morgan fingerprint density at radius 3 is 2.21 bits per heavy atom. The summed E-state index contributed by atoms with van der Waals surface area (Å²) in [5.41, 5.74) is 5.43. The normalized spacial score (nSPS) is 51.6. The van der Waals surface area contributed by atoms with E-state index < -0.39 is 36.2 Å². The zero-order chi connectivity index (χ0) is 11.1. The summed E-state index contributed by atoms with van der Waals surface area (Å²) in [4.78, 5) is 0. The summed E-state index contributed by atoms with van der Waals surface area (Å²) in [6, 6.07) is -0.873. The number of aliphatic hydroxyl groups excluding tert-OH is 3. The van der Waals surface area contributed by atoms with Gasteiger partial charge in [0, 0.05) is 0 Å². The topological polar surface area (TPSA) is 116 Å². The molecule has 6 nitrogen and oxygen atoms in total. The molecule has 1 aliphatic rings. The van der Waals surface area contributed by atoms with Crippen LogP contribution in [0.5, 0.6) is 0 Å². The molecule has 6 N–H and O–H groups in total. The van der Waals surface area contributed by atoms with Gasteiger partial charge in [-0.2, -0.15) is 0 Å². The number of hydrogen-bond donors (Lipinski definition) is 5. The van der Waals surface area contributed by atoms with Crippen molar-refractivity contribution < 1.29 is 25.2 Å². The van der Waals surface area contributed by atoms with Crippen molar-refractivity contribution in [2.24, 2.45) is 5.73 Å². The first kappa shape index (κ1) is 11.8. The largest absolute Gasteiger partial charge is 0.388 e. The molecule has 6 atom stereocenters. The van der Waals surface area contributed by atoms with Crippen molar-refractivity contribution >= 4 is 0 Å². The van der Waals surface area contributed by atoms with Crippen molar-refractivity contribution in [2.45, 2.75) is 50.1 Å². The third kappa shape index (κ3) is 1.65. The van der Waals surface area contributed by atoms with Crippen molar-refractivity contribution in [3.05, 3.63) is 0 Å². The molecule has 0 amide bonds. The van der Waals surface area contributed by atoms with E-state index in [0.717, 1.165) is 0 Å². The van der Waals surface area contributed by atoms with Crippen LogP contribution in [0.4, 0.5) is 0 Å². The van der Waals surface area contributed by atoms with E-state index in [0.29, 0.717) is 0 Å². The van der Waals surface area contributed by atoms with Crippen LogP contribution in [0.2, 0.25) is 0 Å². The highest BCUT2D eigenvalue weighted by Crippen LogP contribution is 2.29. The summed E-state index contributed by atoms with van der Waals surface area (Å²) in [6.45, 7) is 2.92. The molecule has 1 aliphatic heterocycles. The van der Waals surface area contributed by atoms with Gasteiger partial charge in [-0.25, -0.2) is 0 Å². The van der Waals surface area contributed by atoms with E-state index in [1.807, 2.05) is 0 Å². The van der Waals surface area contributed by atoms with Crippen LogP contribution in [0.3, 0.4) is 0 Å². The van der Waals surface area contributed by atoms with Crippen LogP contribution in [-0.2, 0) is 4.74 Å². The fraction of sp³-hybridized carbons (Fsp3) is 1.00. The van der Waals surface area contributed by atoms with E-state index in [-0.39, 0.29) is 0 Å². The Labute approximate surface area is 81.9 Å². The molecule has 1 heterocycles. The predicted octanol–water partition coefficient (Wildman–Crippen LogP) is -2.48. The van der Waals surface area contributed by atoms with Gasteiger partial charge >= 0.3 is 0 Å². The number of rotatable bonds is 1. The molecule has 1 fully saturated rings. The summed E-state index contributed by atoms with van der Waals surface area (Å²) in [6.07, 6.45) is -5.10. The monoisotopic (exact) mass is 207 g/mol. The third-order valence-corrected chi connectivity index (χ3v) is 2.61. The maximum atomic E-state index is 9.81. The molecule has 0 saturated carbocycles. The zero-order valence-corrected chi connectivity index (χ0v) is 8.16. The quantitative estimate of drug-likeness (QED) is 0.325. The molecule has 0 aromatic carbocycles. The fourth-order valence-corrected chi connectivity index (χ4v) is 1.52. The van der Waals surface area contributed by atoms with Gasteiger partial charge in [-0.15, -0.1) is 0 Å². The molecule has 1 rings (SSSR count). The van der Waals surface area contributed by atoms with Crippen LogP contribution in [0.15, 0.2) is 0 Å². The molecule has 0 bridgehead atoms. The maximum Gasteiger partial charge on any atom is 0.210 e. The lowest BCUT2D eigenvalue weighted by atomic mass is 9.89. The Morgan fingerprint density at radius 1 is 1.29 bits per heavy atom. The highest BCUT2D eigenvalue weighted by Gasteiger charge is 2.53. The molecular formula is C8H17NO5. The van der Waals surface area contributed by atoms with Gasteiger partial charge in [-0.3, -0.25) is 0 Å². The molecule has 0 aliphatic carbocycles. The smallest absolute Gasteiger partial charge is 0.210 e. The molecule has 84 valence electrons. The highest BCUT2D eigenvalue weighted by atomic mass is 16.7. The zero-order valence-electron chi connectivity index (χ0n) is 8.16. The van der Waals surface area contributed by atoms with Gasteiger partial charge in [0.15, 0.2) is 0 Å². The molecule has 1 saturated heterocycles. The van der Waals surface area contributed by atoms with Gasteiger partial charge in [-0.1, -0.05) is 0 Å². The van der Waals surface area contributed by atoms with Crippen molar-refractivity contribution in [1.29, 1.82) is 0 Å². The second kappa shape index (κ2) is 3.73. The SMILES string of the molecule is CC(N)[C@]1(O)O[C@@H](C)[C@@H](O)[C@@H](O)[C@@H]1O. The number of ether oxygens (including phenoxy) is 1. The Hall–Kier alpha value is -0.240. The summed E-state index contributed by atoms with van der Waals surface area (Å²) in [7, 11) is 0. The van der Waals surface area contributed by atoms with Gasteiger partial charge in [0.05, 0.1) is 12.1 Å².